The minimum atomic E-state index is -0.295. The number of pyridine rings is 1. The van der Waals surface area contributed by atoms with Gasteiger partial charge < -0.3 is 19.5 Å². The maximum atomic E-state index is 13.2. The molecule has 4 heterocycles. The maximum absolute atomic E-state index is 13.2. The summed E-state index contributed by atoms with van der Waals surface area (Å²) in [5.74, 6) is 0.609. The highest BCUT2D eigenvalue weighted by atomic mass is 16.5. The van der Waals surface area contributed by atoms with Crippen LogP contribution in [0.3, 0.4) is 0 Å². The Labute approximate surface area is 156 Å². The van der Waals surface area contributed by atoms with E-state index in [9.17, 15) is 14.4 Å². The lowest BCUT2D eigenvalue weighted by molar-refractivity contribution is -0.129. The van der Waals surface area contributed by atoms with E-state index in [0.717, 1.165) is 12.8 Å². The minimum absolute atomic E-state index is 0.0387. The summed E-state index contributed by atoms with van der Waals surface area (Å²) in [6.07, 6.45) is 3.36. The molecule has 7 heteroatoms. The number of fused-ring (bicyclic) bond motifs is 5. The van der Waals surface area contributed by atoms with E-state index in [2.05, 4.69) is 4.98 Å². The Morgan fingerprint density at radius 2 is 2.00 bits per heavy atom. The van der Waals surface area contributed by atoms with Crippen molar-refractivity contribution in [2.75, 3.05) is 26.7 Å². The lowest BCUT2D eigenvalue weighted by Crippen LogP contribution is -2.48. The SMILES string of the molecule is COc1ccc2[nH]cc(C(=O)N3C[C@@H]4CC[C@H]3CN(C(C)=O)C4)c(=O)c2c1. The van der Waals surface area contributed by atoms with Crippen molar-refractivity contribution in [3.05, 3.63) is 40.2 Å². The van der Waals surface area contributed by atoms with Crippen LogP contribution < -0.4 is 10.2 Å². The smallest absolute Gasteiger partial charge is 0.259 e. The van der Waals surface area contributed by atoms with Crippen molar-refractivity contribution in [2.45, 2.75) is 25.8 Å². The molecule has 3 saturated heterocycles. The number of nitrogens with zero attached hydrogens (tertiary/aromatic N) is 2. The molecule has 2 bridgehead atoms. The first kappa shape index (κ1) is 17.6. The van der Waals surface area contributed by atoms with Crippen LogP contribution in [0.4, 0.5) is 0 Å². The van der Waals surface area contributed by atoms with Crippen LogP contribution in [0.15, 0.2) is 29.2 Å². The molecule has 0 unspecified atom stereocenters. The molecule has 3 aliphatic heterocycles. The van der Waals surface area contributed by atoms with Gasteiger partial charge in [-0.15, -0.1) is 0 Å². The zero-order chi connectivity index (χ0) is 19.1. The number of carbonyl (C=O) groups is 2. The van der Waals surface area contributed by atoms with Crippen LogP contribution in [0.25, 0.3) is 10.9 Å². The van der Waals surface area contributed by atoms with Gasteiger partial charge in [-0.3, -0.25) is 14.4 Å². The van der Waals surface area contributed by atoms with Crippen LogP contribution in [0.2, 0.25) is 0 Å². The molecule has 2 atom stereocenters. The van der Waals surface area contributed by atoms with Crippen LogP contribution in [-0.2, 0) is 4.79 Å². The number of amides is 2. The van der Waals surface area contributed by atoms with E-state index in [4.69, 9.17) is 4.74 Å². The third-order valence-corrected chi connectivity index (χ3v) is 5.74. The summed E-state index contributed by atoms with van der Waals surface area (Å²) in [4.78, 5) is 44.7. The molecule has 1 aromatic carbocycles. The van der Waals surface area contributed by atoms with Gasteiger partial charge in [-0.2, -0.15) is 0 Å². The van der Waals surface area contributed by atoms with E-state index in [1.54, 1.807) is 37.1 Å². The summed E-state index contributed by atoms with van der Waals surface area (Å²) in [5.41, 5.74) is 0.506. The second kappa shape index (κ2) is 6.72. The summed E-state index contributed by atoms with van der Waals surface area (Å²) in [7, 11) is 1.54. The third kappa shape index (κ3) is 3.07. The zero-order valence-electron chi connectivity index (χ0n) is 15.5. The van der Waals surface area contributed by atoms with Crippen LogP contribution >= 0.6 is 0 Å². The first-order chi connectivity index (χ1) is 13.0. The molecule has 2 aromatic rings. The Morgan fingerprint density at radius 3 is 2.74 bits per heavy atom. The number of rotatable bonds is 2. The van der Waals surface area contributed by atoms with Gasteiger partial charge in [0.25, 0.3) is 5.91 Å². The van der Waals surface area contributed by atoms with Crippen molar-refractivity contribution in [1.29, 1.82) is 0 Å². The average Bonchev–Trinajstić information content (AvgIpc) is 3.00. The second-order valence-electron chi connectivity index (χ2n) is 7.42. The number of methoxy groups -OCH3 is 1. The molecule has 0 spiro atoms. The fourth-order valence-electron chi connectivity index (χ4n) is 4.23. The second-order valence-corrected chi connectivity index (χ2v) is 7.42. The topological polar surface area (TPSA) is 82.7 Å². The molecule has 1 aromatic heterocycles. The lowest BCUT2D eigenvalue weighted by atomic mass is 9.94. The molecule has 3 aliphatic rings. The third-order valence-electron chi connectivity index (χ3n) is 5.74. The summed E-state index contributed by atoms with van der Waals surface area (Å²) in [6.45, 7) is 3.37. The predicted octanol–water partition coefficient (Wildman–Crippen LogP) is 1.62. The molecule has 0 aliphatic carbocycles. The van der Waals surface area contributed by atoms with Crippen molar-refractivity contribution in [3.63, 3.8) is 0 Å². The molecule has 2 amide bonds. The van der Waals surface area contributed by atoms with E-state index in [0.29, 0.717) is 36.3 Å². The highest BCUT2D eigenvalue weighted by Gasteiger charge is 2.38. The molecule has 0 radical (unpaired) electrons. The van der Waals surface area contributed by atoms with E-state index >= 15 is 0 Å². The number of carbonyl (C=O) groups excluding carboxylic acids is 2. The van der Waals surface area contributed by atoms with Crippen molar-refractivity contribution in [3.8, 4) is 5.75 Å². The molecule has 3 fully saturated rings. The fraction of sp³-hybridized carbons (Fsp3) is 0.450. The maximum Gasteiger partial charge on any atom is 0.259 e. The lowest BCUT2D eigenvalue weighted by Gasteiger charge is -2.36. The highest BCUT2D eigenvalue weighted by Crippen LogP contribution is 2.29. The first-order valence-electron chi connectivity index (χ1n) is 9.24. The van der Waals surface area contributed by atoms with E-state index in [1.807, 2.05) is 4.90 Å². The minimum Gasteiger partial charge on any atom is -0.497 e. The number of hydrogen-bond donors (Lipinski definition) is 1. The van der Waals surface area contributed by atoms with Crippen LogP contribution in [0, 0.1) is 5.92 Å². The standard InChI is InChI=1S/C20H23N3O4/c1-12(24)22-9-13-3-4-14(11-22)23(10-13)20(26)17-8-21-18-6-5-15(27-2)7-16(18)19(17)25/h5-8,13-14H,3-4,9-11H2,1-2H3,(H,21,25)/t13-,14+/m1/s1. The molecule has 0 saturated carbocycles. The summed E-state index contributed by atoms with van der Waals surface area (Å²) < 4.78 is 5.20. The van der Waals surface area contributed by atoms with Gasteiger partial charge in [-0.1, -0.05) is 0 Å². The van der Waals surface area contributed by atoms with Crippen LogP contribution in [0.1, 0.15) is 30.1 Å². The Morgan fingerprint density at radius 1 is 1.19 bits per heavy atom. The van der Waals surface area contributed by atoms with Gasteiger partial charge in [0.2, 0.25) is 11.3 Å². The molecular formula is C20H23N3O4. The quantitative estimate of drug-likeness (QED) is 0.872. The number of ether oxygens (including phenoxy) is 1. The van der Waals surface area contributed by atoms with Crippen molar-refractivity contribution in [1.82, 2.24) is 14.8 Å². The highest BCUT2D eigenvalue weighted by molar-refractivity contribution is 5.97. The number of H-pyrrole nitrogens is 1. The zero-order valence-corrected chi connectivity index (χ0v) is 15.5. The normalized spacial score (nSPS) is 22.0. The predicted molar refractivity (Wildman–Crippen MR) is 101 cm³/mol. The van der Waals surface area contributed by atoms with Gasteiger partial charge in [0.1, 0.15) is 11.3 Å². The summed E-state index contributed by atoms with van der Waals surface area (Å²) >= 11 is 0. The van der Waals surface area contributed by atoms with E-state index in [-0.39, 0.29) is 34.8 Å². The number of hydrogen-bond acceptors (Lipinski definition) is 4. The van der Waals surface area contributed by atoms with Crippen molar-refractivity contribution < 1.29 is 14.3 Å². The molecule has 142 valence electrons. The summed E-state index contributed by atoms with van der Waals surface area (Å²) in [6, 6.07) is 5.14. The van der Waals surface area contributed by atoms with Crippen molar-refractivity contribution in [2.24, 2.45) is 5.92 Å². The van der Waals surface area contributed by atoms with Crippen LogP contribution in [-0.4, -0.2) is 59.4 Å². The molecule has 27 heavy (non-hydrogen) atoms. The number of piperidine rings is 1. The number of benzene rings is 1. The van der Waals surface area contributed by atoms with Gasteiger partial charge in [0.05, 0.1) is 7.11 Å². The number of aromatic amines is 1. The van der Waals surface area contributed by atoms with Crippen molar-refractivity contribution >= 4 is 22.7 Å². The van der Waals surface area contributed by atoms with Gasteiger partial charge in [0, 0.05) is 49.7 Å². The molecule has 7 nitrogen and oxygen atoms in total. The Bertz CT molecular complexity index is 967. The Kier molecular flexibility index (Phi) is 4.37. The van der Waals surface area contributed by atoms with E-state index < -0.39 is 0 Å². The first-order valence-corrected chi connectivity index (χ1v) is 9.24. The monoisotopic (exact) mass is 369 g/mol. The van der Waals surface area contributed by atoms with Crippen LogP contribution in [0.5, 0.6) is 5.75 Å². The Hall–Kier alpha value is -2.83. The number of aromatic nitrogens is 1. The van der Waals surface area contributed by atoms with Gasteiger partial charge in [-0.25, -0.2) is 0 Å². The fourth-order valence-corrected chi connectivity index (χ4v) is 4.23. The van der Waals surface area contributed by atoms with Gasteiger partial charge >= 0.3 is 0 Å². The number of nitrogens with one attached hydrogen (secondary N) is 1. The molecule has 1 N–H and O–H groups in total. The van der Waals surface area contributed by atoms with E-state index in [1.165, 1.54) is 6.20 Å². The largest absolute Gasteiger partial charge is 0.497 e. The average molecular weight is 369 g/mol. The molecular weight excluding hydrogens is 346 g/mol. The summed E-state index contributed by atoms with van der Waals surface area (Å²) in [5, 5.41) is 0.436. The molecule has 5 rings (SSSR count). The Balaban J connectivity index is 1.69. The van der Waals surface area contributed by atoms with Gasteiger partial charge in [-0.05, 0) is 37.0 Å². The van der Waals surface area contributed by atoms with Gasteiger partial charge in [0.15, 0.2) is 0 Å².